The van der Waals surface area contributed by atoms with Crippen molar-refractivity contribution >= 4 is 20.6 Å². The normalized spacial score (nSPS) is 18.3. The van der Waals surface area contributed by atoms with E-state index in [1.807, 2.05) is 12.1 Å². The molecule has 1 unspecified atom stereocenters. The Morgan fingerprint density at radius 2 is 1.59 bits per heavy atom. The SMILES string of the molecule is CS(=S)CN1CCN(COc2cc(CO)cc(CO)c2)CC1. The van der Waals surface area contributed by atoms with Crippen molar-refractivity contribution in [2.45, 2.75) is 13.2 Å². The van der Waals surface area contributed by atoms with E-state index in [1.165, 1.54) is 0 Å². The van der Waals surface area contributed by atoms with Gasteiger partial charge >= 0.3 is 0 Å². The summed E-state index contributed by atoms with van der Waals surface area (Å²) in [7, 11) is 0.0468. The molecule has 1 heterocycles. The quantitative estimate of drug-likeness (QED) is 0.742. The molecule has 1 aromatic rings. The van der Waals surface area contributed by atoms with Crippen molar-refractivity contribution in [2.24, 2.45) is 0 Å². The Morgan fingerprint density at radius 3 is 2.09 bits per heavy atom. The highest BCUT2D eigenvalue weighted by Gasteiger charge is 2.17. The summed E-state index contributed by atoms with van der Waals surface area (Å²) >= 11 is 5.26. The molecule has 1 fully saturated rings. The number of hydrogen-bond acceptors (Lipinski definition) is 6. The van der Waals surface area contributed by atoms with Gasteiger partial charge in [-0.15, -0.1) is 9.45 Å². The van der Waals surface area contributed by atoms with Crippen LogP contribution in [0, 0.1) is 0 Å². The molecule has 0 aliphatic carbocycles. The van der Waals surface area contributed by atoms with Gasteiger partial charge in [0.1, 0.15) is 12.5 Å². The topological polar surface area (TPSA) is 56.2 Å². The average Bonchev–Trinajstić information content (AvgIpc) is 2.53. The van der Waals surface area contributed by atoms with Gasteiger partial charge in [0.15, 0.2) is 0 Å². The van der Waals surface area contributed by atoms with E-state index in [9.17, 15) is 10.2 Å². The summed E-state index contributed by atoms with van der Waals surface area (Å²) in [6, 6.07) is 5.41. The molecule has 1 aromatic carbocycles. The van der Waals surface area contributed by atoms with Crippen molar-refractivity contribution in [1.82, 2.24) is 9.80 Å². The highest BCUT2D eigenvalue weighted by atomic mass is 32.8. The van der Waals surface area contributed by atoms with Crippen molar-refractivity contribution in [2.75, 3.05) is 45.0 Å². The summed E-state index contributed by atoms with van der Waals surface area (Å²) in [5, 5.41) is 18.5. The lowest BCUT2D eigenvalue weighted by Gasteiger charge is -2.34. The maximum absolute atomic E-state index is 9.24. The first-order valence-corrected chi connectivity index (χ1v) is 10.1. The number of rotatable bonds is 7. The van der Waals surface area contributed by atoms with Gasteiger partial charge in [0.25, 0.3) is 0 Å². The molecule has 124 valence electrons. The molecular weight excluding hydrogens is 320 g/mol. The van der Waals surface area contributed by atoms with Crippen LogP contribution in [0.25, 0.3) is 0 Å². The van der Waals surface area contributed by atoms with Gasteiger partial charge in [-0.3, -0.25) is 9.80 Å². The lowest BCUT2D eigenvalue weighted by molar-refractivity contribution is 0.0738. The first kappa shape index (κ1) is 17.8. The zero-order valence-corrected chi connectivity index (χ0v) is 14.5. The smallest absolute Gasteiger partial charge is 0.142 e. The Hall–Kier alpha value is -0.570. The van der Waals surface area contributed by atoms with Gasteiger partial charge in [-0.1, -0.05) is 17.3 Å². The molecule has 5 nitrogen and oxygen atoms in total. The molecule has 1 atom stereocenters. The van der Waals surface area contributed by atoms with Crippen LogP contribution < -0.4 is 4.74 Å². The van der Waals surface area contributed by atoms with Crippen LogP contribution in [0.4, 0.5) is 0 Å². The fraction of sp³-hybridized carbons (Fsp3) is 0.600. The summed E-state index contributed by atoms with van der Waals surface area (Å²) < 4.78 is 5.81. The Kier molecular flexibility index (Phi) is 7.20. The first-order chi connectivity index (χ1) is 10.6. The largest absolute Gasteiger partial charge is 0.478 e. The van der Waals surface area contributed by atoms with E-state index in [-0.39, 0.29) is 22.7 Å². The Bertz CT molecular complexity index is 483. The third-order valence-electron chi connectivity index (χ3n) is 3.63. The van der Waals surface area contributed by atoms with Crippen LogP contribution in [0.2, 0.25) is 0 Å². The minimum Gasteiger partial charge on any atom is -0.478 e. The number of aliphatic hydroxyl groups is 2. The molecule has 22 heavy (non-hydrogen) atoms. The summed E-state index contributed by atoms with van der Waals surface area (Å²) in [5.41, 5.74) is 1.51. The minimum atomic E-state index is -0.0527. The molecule has 1 aliphatic heterocycles. The zero-order chi connectivity index (χ0) is 15.9. The van der Waals surface area contributed by atoms with Crippen molar-refractivity contribution in [3.63, 3.8) is 0 Å². The molecule has 0 spiro atoms. The van der Waals surface area contributed by atoms with E-state index in [4.69, 9.17) is 15.9 Å². The molecule has 0 radical (unpaired) electrons. The molecule has 0 saturated carbocycles. The predicted molar refractivity (Wildman–Crippen MR) is 92.4 cm³/mol. The standard InChI is InChI=1S/C15H24N2O3S2/c1-22(21)12-17-4-2-16(3-5-17)11-20-15-7-13(9-18)6-14(8-15)10-19/h6-8,18-19H,2-5,9-12H2,1H3. The second kappa shape index (κ2) is 8.90. The van der Waals surface area contributed by atoms with Crippen LogP contribution in [0.3, 0.4) is 0 Å². The second-order valence-corrected chi connectivity index (χ2v) is 8.62. The van der Waals surface area contributed by atoms with E-state index >= 15 is 0 Å². The Balaban J connectivity index is 1.82. The van der Waals surface area contributed by atoms with Crippen LogP contribution >= 0.6 is 0 Å². The minimum absolute atomic E-state index is 0.0468. The van der Waals surface area contributed by atoms with E-state index in [0.29, 0.717) is 12.5 Å². The van der Waals surface area contributed by atoms with Gasteiger partial charge < -0.3 is 14.9 Å². The number of nitrogens with zero attached hydrogens (tertiary/aromatic N) is 2. The average molecular weight is 345 g/mol. The maximum atomic E-state index is 9.24. The molecule has 0 amide bonds. The predicted octanol–water partition coefficient (Wildman–Crippen LogP) is 0.293. The Labute approximate surface area is 139 Å². The van der Waals surface area contributed by atoms with Crippen LogP contribution in [0.5, 0.6) is 5.75 Å². The van der Waals surface area contributed by atoms with Crippen molar-refractivity contribution in [3.8, 4) is 5.75 Å². The molecule has 1 saturated heterocycles. The summed E-state index contributed by atoms with van der Waals surface area (Å²) in [4.78, 5) is 4.67. The van der Waals surface area contributed by atoms with E-state index in [2.05, 4.69) is 16.1 Å². The van der Waals surface area contributed by atoms with E-state index in [1.54, 1.807) is 6.07 Å². The molecule has 0 bridgehead atoms. The molecule has 0 aromatic heterocycles. The lowest BCUT2D eigenvalue weighted by Crippen LogP contribution is -2.48. The van der Waals surface area contributed by atoms with Gasteiger partial charge in [0.05, 0.1) is 13.2 Å². The first-order valence-electron chi connectivity index (χ1n) is 7.33. The van der Waals surface area contributed by atoms with Crippen LogP contribution in [-0.4, -0.2) is 65.1 Å². The van der Waals surface area contributed by atoms with E-state index in [0.717, 1.165) is 43.2 Å². The fourth-order valence-electron chi connectivity index (χ4n) is 2.46. The van der Waals surface area contributed by atoms with Gasteiger partial charge in [-0.05, 0) is 29.5 Å². The van der Waals surface area contributed by atoms with Crippen LogP contribution in [0.1, 0.15) is 11.1 Å². The third kappa shape index (κ3) is 5.57. The fourth-order valence-corrected chi connectivity index (χ4v) is 3.68. The van der Waals surface area contributed by atoms with E-state index < -0.39 is 0 Å². The molecule has 1 aliphatic rings. The Morgan fingerprint density at radius 1 is 1.05 bits per heavy atom. The highest BCUT2D eigenvalue weighted by Crippen LogP contribution is 2.18. The van der Waals surface area contributed by atoms with Gasteiger partial charge in [-0.2, -0.15) is 0 Å². The third-order valence-corrected chi connectivity index (χ3v) is 4.68. The van der Waals surface area contributed by atoms with Crippen molar-refractivity contribution in [3.05, 3.63) is 29.3 Å². The van der Waals surface area contributed by atoms with Gasteiger partial charge in [0, 0.05) is 32.1 Å². The molecule has 2 N–H and O–H groups in total. The van der Waals surface area contributed by atoms with Crippen LogP contribution in [-0.2, 0) is 33.9 Å². The van der Waals surface area contributed by atoms with Gasteiger partial charge in [-0.25, -0.2) is 0 Å². The molecular formula is C15H24N2O3S2. The number of ether oxygens (including phenoxy) is 1. The summed E-state index contributed by atoms with van der Waals surface area (Å²) in [5.74, 6) is 1.70. The molecule has 2 rings (SSSR count). The number of aliphatic hydroxyl groups excluding tert-OH is 2. The zero-order valence-electron chi connectivity index (χ0n) is 12.9. The summed E-state index contributed by atoms with van der Waals surface area (Å²) in [6.45, 7) is 4.41. The van der Waals surface area contributed by atoms with Gasteiger partial charge in [0.2, 0.25) is 0 Å². The van der Waals surface area contributed by atoms with Crippen molar-refractivity contribution in [1.29, 1.82) is 0 Å². The monoisotopic (exact) mass is 344 g/mol. The van der Waals surface area contributed by atoms with Crippen molar-refractivity contribution < 1.29 is 14.9 Å². The highest BCUT2D eigenvalue weighted by molar-refractivity contribution is 8.28. The maximum Gasteiger partial charge on any atom is 0.142 e. The lowest BCUT2D eigenvalue weighted by atomic mass is 10.1. The number of hydrogen-bond donors (Lipinski definition) is 2. The molecule has 7 heteroatoms. The van der Waals surface area contributed by atoms with Crippen LogP contribution in [0.15, 0.2) is 18.2 Å². The number of benzene rings is 1. The second-order valence-electron chi connectivity index (χ2n) is 5.51. The number of piperazine rings is 1. The summed E-state index contributed by atoms with van der Waals surface area (Å²) in [6.07, 6.45) is 2.09.